The summed E-state index contributed by atoms with van der Waals surface area (Å²) in [6.45, 7) is 1.47. The van der Waals surface area contributed by atoms with Crippen molar-refractivity contribution >= 4 is 17.5 Å². The zero-order valence-electron chi connectivity index (χ0n) is 10.4. The van der Waals surface area contributed by atoms with Crippen LogP contribution < -0.4 is 5.73 Å². The largest absolute Gasteiger partial charge is 0.336 e. The van der Waals surface area contributed by atoms with E-state index in [-0.39, 0.29) is 5.91 Å². The van der Waals surface area contributed by atoms with E-state index in [9.17, 15) is 4.79 Å². The smallest absolute Gasteiger partial charge is 0.254 e. The normalized spacial score (nSPS) is 19.9. The molecule has 0 aromatic heterocycles. The predicted molar refractivity (Wildman–Crippen MR) is 73.8 cm³/mol. The van der Waals surface area contributed by atoms with Crippen LogP contribution in [0.3, 0.4) is 0 Å². The molecule has 1 fully saturated rings. The Kier molecular flexibility index (Phi) is 4.61. The van der Waals surface area contributed by atoms with Crippen molar-refractivity contribution < 1.29 is 4.79 Å². The number of halogens is 1. The summed E-state index contributed by atoms with van der Waals surface area (Å²) in [4.78, 5) is 14.4. The van der Waals surface area contributed by atoms with E-state index < -0.39 is 0 Å². The van der Waals surface area contributed by atoms with Crippen molar-refractivity contribution in [2.24, 2.45) is 5.73 Å². The second-order valence-electron chi connectivity index (χ2n) is 4.73. The molecular formula is C14H19ClN2O. The highest BCUT2D eigenvalue weighted by Gasteiger charge is 2.26. The first-order chi connectivity index (χ1) is 8.72. The molecule has 1 aromatic carbocycles. The molecule has 18 heavy (non-hydrogen) atoms. The summed E-state index contributed by atoms with van der Waals surface area (Å²) in [5, 5.41) is 0.656. The maximum Gasteiger partial charge on any atom is 0.254 e. The van der Waals surface area contributed by atoms with Crippen molar-refractivity contribution in [1.82, 2.24) is 4.90 Å². The molecule has 2 N–H and O–H groups in total. The molecule has 1 aliphatic rings. The number of nitrogens with zero attached hydrogens (tertiary/aromatic N) is 1. The van der Waals surface area contributed by atoms with Crippen LogP contribution >= 0.6 is 11.6 Å². The topological polar surface area (TPSA) is 46.3 Å². The lowest BCUT2D eigenvalue weighted by Gasteiger charge is -2.35. The molecule has 0 aliphatic carbocycles. The minimum absolute atomic E-state index is 0.102. The van der Waals surface area contributed by atoms with Crippen LogP contribution in [-0.4, -0.2) is 29.9 Å². The fourth-order valence-corrected chi connectivity index (χ4v) is 2.64. The van der Waals surface area contributed by atoms with Gasteiger partial charge in [0.15, 0.2) is 0 Å². The van der Waals surface area contributed by atoms with Crippen LogP contribution in [0, 0.1) is 0 Å². The number of amides is 1. The number of piperidine rings is 1. The van der Waals surface area contributed by atoms with Gasteiger partial charge < -0.3 is 10.6 Å². The van der Waals surface area contributed by atoms with E-state index in [1.807, 2.05) is 4.90 Å². The first-order valence-electron chi connectivity index (χ1n) is 6.49. The van der Waals surface area contributed by atoms with Crippen LogP contribution in [0.4, 0.5) is 0 Å². The lowest BCUT2D eigenvalue weighted by molar-refractivity contribution is 0.0605. The molecule has 0 spiro atoms. The summed E-state index contributed by atoms with van der Waals surface area (Å²) in [6, 6.07) is 7.40. The summed E-state index contributed by atoms with van der Waals surface area (Å²) >= 11 is 5.84. The Bertz CT molecular complexity index is 403. The van der Waals surface area contributed by atoms with E-state index in [4.69, 9.17) is 17.3 Å². The zero-order valence-corrected chi connectivity index (χ0v) is 11.2. The molecular weight excluding hydrogens is 248 g/mol. The van der Waals surface area contributed by atoms with Crippen LogP contribution in [0.1, 0.15) is 36.0 Å². The van der Waals surface area contributed by atoms with Gasteiger partial charge in [-0.3, -0.25) is 4.79 Å². The van der Waals surface area contributed by atoms with Crippen molar-refractivity contribution in [1.29, 1.82) is 0 Å². The van der Waals surface area contributed by atoms with Crippen LogP contribution in [0.25, 0.3) is 0 Å². The molecule has 1 aliphatic heterocycles. The number of carbonyl (C=O) groups excluding carboxylic acids is 1. The number of nitrogens with two attached hydrogens (primary N) is 1. The predicted octanol–water partition coefficient (Wildman–Crippen LogP) is 2.68. The van der Waals surface area contributed by atoms with E-state index in [2.05, 4.69) is 0 Å². The maximum atomic E-state index is 12.4. The van der Waals surface area contributed by atoms with Gasteiger partial charge in [-0.05, 0) is 56.5 Å². The Morgan fingerprint density at radius 2 is 2.06 bits per heavy atom. The van der Waals surface area contributed by atoms with Crippen molar-refractivity contribution in [3.05, 3.63) is 34.9 Å². The van der Waals surface area contributed by atoms with E-state index in [1.165, 1.54) is 6.42 Å². The first-order valence-corrected chi connectivity index (χ1v) is 6.87. The standard InChI is InChI=1S/C14H19ClN2O/c15-12-6-4-11(5-7-12)14(18)17-10-2-1-3-13(17)8-9-16/h4-7,13H,1-3,8-10,16H2. The number of hydrogen-bond acceptors (Lipinski definition) is 2. The molecule has 1 aromatic rings. The third kappa shape index (κ3) is 3.03. The molecule has 1 heterocycles. The SMILES string of the molecule is NCCC1CCCCN1C(=O)c1ccc(Cl)cc1. The van der Waals surface area contributed by atoms with Crippen molar-refractivity contribution in [2.75, 3.05) is 13.1 Å². The van der Waals surface area contributed by atoms with Crippen LogP contribution in [0.5, 0.6) is 0 Å². The van der Waals surface area contributed by atoms with Crippen molar-refractivity contribution in [3.63, 3.8) is 0 Å². The average molecular weight is 267 g/mol. The minimum Gasteiger partial charge on any atom is -0.336 e. The Balaban J connectivity index is 2.12. The fraction of sp³-hybridized carbons (Fsp3) is 0.500. The highest BCUT2D eigenvalue weighted by atomic mass is 35.5. The monoisotopic (exact) mass is 266 g/mol. The maximum absolute atomic E-state index is 12.4. The summed E-state index contributed by atoms with van der Waals surface area (Å²) < 4.78 is 0. The Hall–Kier alpha value is -1.06. The molecule has 1 unspecified atom stereocenters. The lowest BCUT2D eigenvalue weighted by Crippen LogP contribution is -2.44. The van der Waals surface area contributed by atoms with E-state index >= 15 is 0 Å². The van der Waals surface area contributed by atoms with Gasteiger partial charge in [-0.2, -0.15) is 0 Å². The number of benzene rings is 1. The van der Waals surface area contributed by atoms with Gasteiger partial charge in [-0.25, -0.2) is 0 Å². The molecule has 4 heteroatoms. The fourth-order valence-electron chi connectivity index (χ4n) is 2.52. The number of likely N-dealkylation sites (tertiary alicyclic amines) is 1. The summed E-state index contributed by atoms with van der Waals surface area (Å²) in [6.07, 6.45) is 4.23. The number of carbonyl (C=O) groups is 1. The third-order valence-corrected chi connectivity index (χ3v) is 3.73. The quantitative estimate of drug-likeness (QED) is 0.914. The first kappa shape index (κ1) is 13.4. The van der Waals surface area contributed by atoms with Crippen LogP contribution in [0.2, 0.25) is 5.02 Å². The van der Waals surface area contributed by atoms with E-state index in [1.54, 1.807) is 24.3 Å². The Morgan fingerprint density at radius 3 is 2.72 bits per heavy atom. The van der Waals surface area contributed by atoms with Gasteiger partial charge in [-0.15, -0.1) is 0 Å². The van der Waals surface area contributed by atoms with Crippen LogP contribution in [0.15, 0.2) is 24.3 Å². The second kappa shape index (κ2) is 6.21. The van der Waals surface area contributed by atoms with Gasteiger partial charge >= 0.3 is 0 Å². The van der Waals surface area contributed by atoms with Gasteiger partial charge in [0, 0.05) is 23.2 Å². The summed E-state index contributed by atoms with van der Waals surface area (Å²) in [7, 11) is 0. The molecule has 0 saturated carbocycles. The highest BCUT2D eigenvalue weighted by Crippen LogP contribution is 2.22. The van der Waals surface area contributed by atoms with E-state index in [0.29, 0.717) is 23.2 Å². The van der Waals surface area contributed by atoms with Crippen molar-refractivity contribution in [3.8, 4) is 0 Å². The molecule has 98 valence electrons. The van der Waals surface area contributed by atoms with E-state index in [0.717, 1.165) is 25.8 Å². The molecule has 0 bridgehead atoms. The number of hydrogen-bond donors (Lipinski definition) is 1. The molecule has 2 rings (SSSR count). The molecule has 1 amide bonds. The molecule has 1 saturated heterocycles. The molecule has 1 atom stereocenters. The van der Waals surface area contributed by atoms with Crippen LogP contribution in [-0.2, 0) is 0 Å². The number of rotatable bonds is 3. The van der Waals surface area contributed by atoms with Crippen molar-refractivity contribution in [2.45, 2.75) is 31.7 Å². The molecule has 3 nitrogen and oxygen atoms in total. The Morgan fingerprint density at radius 1 is 1.33 bits per heavy atom. The second-order valence-corrected chi connectivity index (χ2v) is 5.17. The average Bonchev–Trinajstić information content (AvgIpc) is 2.40. The van der Waals surface area contributed by atoms with Gasteiger partial charge in [0.25, 0.3) is 5.91 Å². The van der Waals surface area contributed by atoms with Gasteiger partial charge in [0.2, 0.25) is 0 Å². The highest BCUT2D eigenvalue weighted by molar-refractivity contribution is 6.30. The Labute approximate surface area is 113 Å². The minimum atomic E-state index is 0.102. The third-order valence-electron chi connectivity index (χ3n) is 3.48. The van der Waals surface area contributed by atoms with Gasteiger partial charge in [0.1, 0.15) is 0 Å². The zero-order chi connectivity index (χ0) is 13.0. The lowest BCUT2D eigenvalue weighted by atomic mass is 9.98. The summed E-state index contributed by atoms with van der Waals surface area (Å²) in [5.41, 5.74) is 6.34. The molecule has 0 radical (unpaired) electrons. The van der Waals surface area contributed by atoms with Gasteiger partial charge in [-0.1, -0.05) is 11.6 Å². The summed E-state index contributed by atoms with van der Waals surface area (Å²) in [5.74, 6) is 0.102. The van der Waals surface area contributed by atoms with Gasteiger partial charge in [0.05, 0.1) is 0 Å².